The number of anilines is 1. The minimum atomic E-state index is -0.225. The second-order valence-electron chi connectivity index (χ2n) is 8.14. The summed E-state index contributed by atoms with van der Waals surface area (Å²) in [5, 5.41) is 2.98. The molecule has 7 heteroatoms. The fourth-order valence-electron chi connectivity index (χ4n) is 3.91. The van der Waals surface area contributed by atoms with Crippen molar-refractivity contribution in [3.8, 4) is 17.2 Å². The molecule has 0 aliphatic carbocycles. The molecule has 1 N–H and O–H groups in total. The van der Waals surface area contributed by atoms with Crippen molar-refractivity contribution in [1.29, 1.82) is 0 Å². The van der Waals surface area contributed by atoms with Crippen LogP contribution in [0.25, 0.3) is 0 Å². The molecule has 1 aliphatic rings. The van der Waals surface area contributed by atoms with E-state index in [0.717, 1.165) is 23.2 Å². The van der Waals surface area contributed by atoms with Crippen molar-refractivity contribution in [2.75, 3.05) is 31.3 Å². The highest BCUT2D eigenvalue weighted by atomic mass is 16.5. The lowest BCUT2D eigenvalue weighted by atomic mass is 10.1. The number of hydrogen-bond acceptors (Lipinski definition) is 5. The number of ether oxygens (including phenoxy) is 3. The van der Waals surface area contributed by atoms with Gasteiger partial charge in [0, 0.05) is 30.3 Å². The summed E-state index contributed by atoms with van der Waals surface area (Å²) in [7, 11) is 0. The summed E-state index contributed by atoms with van der Waals surface area (Å²) >= 11 is 0. The predicted molar refractivity (Wildman–Crippen MR) is 128 cm³/mol. The van der Waals surface area contributed by atoms with Crippen molar-refractivity contribution in [3.05, 3.63) is 47.0 Å². The van der Waals surface area contributed by atoms with Crippen molar-refractivity contribution >= 4 is 17.5 Å². The van der Waals surface area contributed by atoms with Crippen LogP contribution in [0.5, 0.6) is 17.2 Å². The first kappa shape index (κ1) is 24.4. The molecule has 0 fully saturated rings. The van der Waals surface area contributed by atoms with E-state index < -0.39 is 0 Å². The van der Waals surface area contributed by atoms with E-state index in [2.05, 4.69) is 11.4 Å². The third-order valence-electron chi connectivity index (χ3n) is 5.42. The molecule has 178 valence electrons. The molecule has 7 nitrogen and oxygen atoms in total. The summed E-state index contributed by atoms with van der Waals surface area (Å²) < 4.78 is 17.1. The Balaban J connectivity index is 1.75. The number of nitrogens with zero attached hydrogens (tertiary/aromatic N) is 1. The van der Waals surface area contributed by atoms with Crippen molar-refractivity contribution in [3.63, 3.8) is 0 Å². The van der Waals surface area contributed by atoms with Crippen LogP contribution in [0.4, 0.5) is 5.69 Å². The van der Waals surface area contributed by atoms with E-state index in [1.54, 1.807) is 12.1 Å². The highest BCUT2D eigenvalue weighted by molar-refractivity contribution is 5.97. The SMILES string of the molecule is CCOc1cc(C(=O)NCc2ccc3c(c2)CCN3C(=O)C(C)C)cc(OCC)c1OCC. The van der Waals surface area contributed by atoms with E-state index in [4.69, 9.17) is 14.2 Å². The third-order valence-corrected chi connectivity index (χ3v) is 5.42. The Kier molecular flexibility index (Phi) is 8.20. The molecule has 0 saturated heterocycles. The largest absolute Gasteiger partial charge is 0.490 e. The van der Waals surface area contributed by atoms with Gasteiger partial charge in [-0.1, -0.05) is 26.0 Å². The molecule has 0 bridgehead atoms. The monoisotopic (exact) mass is 454 g/mol. The zero-order valence-electron chi connectivity index (χ0n) is 20.2. The van der Waals surface area contributed by atoms with Crippen LogP contribution in [0, 0.1) is 5.92 Å². The lowest BCUT2D eigenvalue weighted by Gasteiger charge is -2.19. The Hall–Kier alpha value is -3.22. The van der Waals surface area contributed by atoms with E-state index in [1.165, 1.54) is 0 Å². The summed E-state index contributed by atoms with van der Waals surface area (Å²) in [5.41, 5.74) is 3.54. The number of benzene rings is 2. The standard InChI is InChI=1S/C26H34N2O5/c1-6-31-22-14-20(15-23(32-7-2)24(22)33-8-3)25(29)27-16-18-9-10-21-19(13-18)11-12-28(21)26(30)17(4)5/h9-10,13-15,17H,6-8,11-12,16H2,1-5H3,(H,27,29). The Morgan fingerprint density at radius 3 is 2.18 bits per heavy atom. The molecule has 2 aromatic carbocycles. The Labute approximate surface area is 196 Å². The van der Waals surface area contributed by atoms with E-state index in [9.17, 15) is 9.59 Å². The topological polar surface area (TPSA) is 77.1 Å². The maximum atomic E-state index is 12.9. The van der Waals surface area contributed by atoms with Gasteiger partial charge < -0.3 is 24.4 Å². The third kappa shape index (κ3) is 5.59. The van der Waals surface area contributed by atoms with Gasteiger partial charge in [0.2, 0.25) is 11.7 Å². The van der Waals surface area contributed by atoms with Crippen molar-refractivity contribution < 1.29 is 23.8 Å². The Bertz CT molecular complexity index is 975. The number of carbonyl (C=O) groups excluding carboxylic acids is 2. The average molecular weight is 455 g/mol. The molecule has 2 aromatic rings. The Morgan fingerprint density at radius 1 is 0.970 bits per heavy atom. The molecule has 1 aliphatic heterocycles. The lowest BCUT2D eigenvalue weighted by Crippen LogP contribution is -2.32. The molecule has 0 spiro atoms. The maximum absolute atomic E-state index is 12.9. The summed E-state index contributed by atoms with van der Waals surface area (Å²) in [4.78, 5) is 27.2. The first-order valence-electron chi connectivity index (χ1n) is 11.7. The van der Waals surface area contributed by atoms with E-state index in [-0.39, 0.29) is 17.7 Å². The second kappa shape index (κ2) is 11.1. The molecule has 0 radical (unpaired) electrons. The van der Waals surface area contributed by atoms with Crippen LogP contribution in [0.15, 0.2) is 30.3 Å². The highest BCUT2D eigenvalue weighted by Crippen LogP contribution is 2.39. The number of amides is 2. The van der Waals surface area contributed by atoms with E-state index in [0.29, 0.717) is 55.7 Å². The van der Waals surface area contributed by atoms with Crippen LogP contribution >= 0.6 is 0 Å². The van der Waals surface area contributed by atoms with Crippen molar-refractivity contribution in [1.82, 2.24) is 5.32 Å². The van der Waals surface area contributed by atoms with Gasteiger partial charge in [-0.2, -0.15) is 0 Å². The van der Waals surface area contributed by atoms with Crippen molar-refractivity contribution in [2.24, 2.45) is 5.92 Å². The second-order valence-corrected chi connectivity index (χ2v) is 8.14. The van der Waals surface area contributed by atoms with Crippen LogP contribution in [0.2, 0.25) is 0 Å². The van der Waals surface area contributed by atoms with Gasteiger partial charge in [0.1, 0.15) is 0 Å². The van der Waals surface area contributed by atoms with E-state index in [1.807, 2.05) is 51.7 Å². The first-order valence-corrected chi connectivity index (χ1v) is 11.7. The molecular weight excluding hydrogens is 420 g/mol. The summed E-state index contributed by atoms with van der Waals surface area (Å²) in [5.74, 6) is 1.37. The van der Waals surface area contributed by atoms with Gasteiger partial charge in [-0.15, -0.1) is 0 Å². The molecular formula is C26H34N2O5. The summed E-state index contributed by atoms with van der Waals surface area (Å²) in [6, 6.07) is 9.37. The summed E-state index contributed by atoms with van der Waals surface area (Å²) in [6.45, 7) is 11.9. The van der Waals surface area contributed by atoms with Gasteiger partial charge in [-0.3, -0.25) is 9.59 Å². The number of hydrogen-bond donors (Lipinski definition) is 1. The number of rotatable bonds is 10. The molecule has 0 atom stereocenters. The maximum Gasteiger partial charge on any atom is 0.251 e. The smallest absolute Gasteiger partial charge is 0.251 e. The normalized spacial score (nSPS) is 12.5. The van der Waals surface area contributed by atoms with Crippen molar-refractivity contribution in [2.45, 2.75) is 47.6 Å². The fraction of sp³-hybridized carbons (Fsp3) is 0.462. The zero-order chi connectivity index (χ0) is 24.0. The minimum absolute atomic E-state index is 0.0350. The molecule has 1 heterocycles. The molecule has 33 heavy (non-hydrogen) atoms. The van der Waals surface area contributed by atoms with E-state index >= 15 is 0 Å². The number of nitrogens with one attached hydrogen (secondary N) is 1. The minimum Gasteiger partial charge on any atom is -0.490 e. The predicted octanol–water partition coefficient (Wildman–Crippen LogP) is 4.36. The number of fused-ring (bicyclic) bond motifs is 1. The molecule has 0 unspecified atom stereocenters. The van der Waals surface area contributed by atoms with Crippen LogP contribution in [-0.4, -0.2) is 38.2 Å². The quantitative estimate of drug-likeness (QED) is 0.577. The van der Waals surface area contributed by atoms with Gasteiger partial charge in [-0.25, -0.2) is 0 Å². The van der Waals surface area contributed by atoms with Crippen LogP contribution in [0.3, 0.4) is 0 Å². The van der Waals surface area contributed by atoms with Crippen LogP contribution < -0.4 is 24.4 Å². The molecule has 2 amide bonds. The van der Waals surface area contributed by atoms with Crippen LogP contribution in [0.1, 0.15) is 56.1 Å². The molecule has 0 aromatic heterocycles. The summed E-state index contributed by atoms with van der Waals surface area (Å²) in [6.07, 6.45) is 0.823. The van der Waals surface area contributed by atoms with Gasteiger partial charge in [0.05, 0.1) is 19.8 Å². The fourth-order valence-corrected chi connectivity index (χ4v) is 3.91. The average Bonchev–Trinajstić information content (AvgIpc) is 3.22. The van der Waals surface area contributed by atoms with Gasteiger partial charge >= 0.3 is 0 Å². The van der Waals surface area contributed by atoms with Crippen LogP contribution in [-0.2, 0) is 17.8 Å². The zero-order valence-corrected chi connectivity index (χ0v) is 20.2. The Morgan fingerprint density at radius 2 is 1.61 bits per heavy atom. The molecule has 3 rings (SSSR count). The van der Waals surface area contributed by atoms with Gasteiger partial charge in [-0.05, 0) is 56.5 Å². The van der Waals surface area contributed by atoms with Gasteiger partial charge in [0.25, 0.3) is 5.91 Å². The first-order chi connectivity index (χ1) is 15.9. The lowest BCUT2D eigenvalue weighted by molar-refractivity contribution is -0.121. The highest BCUT2D eigenvalue weighted by Gasteiger charge is 2.26. The molecule has 0 saturated carbocycles. The number of carbonyl (C=O) groups is 2. The van der Waals surface area contributed by atoms with Gasteiger partial charge in [0.15, 0.2) is 11.5 Å².